The maximum absolute atomic E-state index is 11.7. The van der Waals surface area contributed by atoms with Crippen LogP contribution >= 0.6 is 0 Å². The van der Waals surface area contributed by atoms with Gasteiger partial charge in [-0.25, -0.2) is 8.78 Å². The minimum atomic E-state index is -2.27. The van der Waals surface area contributed by atoms with Gasteiger partial charge in [0.1, 0.15) is 0 Å². The smallest absolute Gasteiger partial charge is 0.250 e. The van der Waals surface area contributed by atoms with Crippen LogP contribution < -0.4 is 5.32 Å². The molecule has 0 fully saturated rings. The highest BCUT2D eigenvalue weighted by Gasteiger charge is 2.00. The lowest BCUT2D eigenvalue weighted by Crippen LogP contribution is -2.20. The minimum absolute atomic E-state index is 0.242. The lowest BCUT2D eigenvalue weighted by molar-refractivity contribution is 0.145. The second kappa shape index (κ2) is 4.92. The molecule has 0 saturated heterocycles. The molecule has 1 aromatic rings. The van der Waals surface area contributed by atoms with Crippen LogP contribution in [0.5, 0.6) is 0 Å². The molecule has 0 aromatic heterocycles. The first-order valence-corrected chi connectivity index (χ1v) is 4.23. The summed E-state index contributed by atoms with van der Waals surface area (Å²) in [6.07, 6.45) is -2.27. The quantitative estimate of drug-likeness (QED) is 0.759. The number of alkyl halides is 2. The predicted molar refractivity (Wildman–Crippen MR) is 48.9 cm³/mol. The molecule has 13 heavy (non-hydrogen) atoms. The molecule has 0 radical (unpaired) electrons. The van der Waals surface area contributed by atoms with E-state index < -0.39 is 6.43 Å². The van der Waals surface area contributed by atoms with Gasteiger partial charge in [-0.05, 0) is 12.5 Å². The largest absolute Gasteiger partial charge is 0.307 e. The topological polar surface area (TPSA) is 12.0 Å². The van der Waals surface area contributed by atoms with Crippen LogP contribution in [0.4, 0.5) is 8.78 Å². The van der Waals surface area contributed by atoms with E-state index >= 15 is 0 Å². The molecule has 0 heterocycles. The molecule has 0 aliphatic carbocycles. The van der Waals surface area contributed by atoms with Gasteiger partial charge < -0.3 is 5.32 Å². The van der Waals surface area contributed by atoms with Gasteiger partial charge in [-0.1, -0.05) is 29.8 Å². The summed E-state index contributed by atoms with van der Waals surface area (Å²) in [5, 5.41) is 2.67. The van der Waals surface area contributed by atoms with Crippen LogP contribution in [0.15, 0.2) is 24.3 Å². The second-order valence-electron chi connectivity index (χ2n) is 3.01. The fraction of sp³-hybridized carbons (Fsp3) is 0.400. The van der Waals surface area contributed by atoms with E-state index in [4.69, 9.17) is 0 Å². The number of hydrogen-bond donors (Lipinski definition) is 1. The molecule has 1 nitrogen and oxygen atoms in total. The van der Waals surface area contributed by atoms with Crippen molar-refractivity contribution in [3.8, 4) is 0 Å². The molecule has 0 atom stereocenters. The molecule has 72 valence electrons. The van der Waals surface area contributed by atoms with Crippen LogP contribution in [-0.2, 0) is 6.54 Å². The molecule has 1 aromatic carbocycles. The number of rotatable bonds is 4. The maximum atomic E-state index is 11.7. The summed E-state index contributed by atoms with van der Waals surface area (Å²) in [7, 11) is 0. The van der Waals surface area contributed by atoms with Crippen molar-refractivity contribution in [1.29, 1.82) is 0 Å². The van der Waals surface area contributed by atoms with Gasteiger partial charge in [0.25, 0.3) is 6.43 Å². The molecule has 0 spiro atoms. The van der Waals surface area contributed by atoms with E-state index in [0.717, 1.165) is 5.56 Å². The van der Waals surface area contributed by atoms with Crippen molar-refractivity contribution in [3.63, 3.8) is 0 Å². The average Bonchev–Trinajstić information content (AvgIpc) is 2.08. The van der Waals surface area contributed by atoms with Gasteiger partial charge >= 0.3 is 0 Å². The Morgan fingerprint density at radius 3 is 2.38 bits per heavy atom. The lowest BCUT2D eigenvalue weighted by Gasteiger charge is -2.03. The van der Waals surface area contributed by atoms with Crippen molar-refractivity contribution < 1.29 is 8.78 Å². The monoisotopic (exact) mass is 185 g/mol. The molecule has 1 rings (SSSR count). The van der Waals surface area contributed by atoms with Gasteiger partial charge in [0.05, 0.1) is 6.54 Å². The van der Waals surface area contributed by atoms with Crippen LogP contribution in [0, 0.1) is 6.92 Å². The first-order chi connectivity index (χ1) is 6.18. The lowest BCUT2D eigenvalue weighted by atomic mass is 10.1. The fourth-order valence-corrected chi connectivity index (χ4v) is 1.03. The number of benzene rings is 1. The van der Waals surface area contributed by atoms with Crippen LogP contribution in [-0.4, -0.2) is 13.0 Å². The minimum Gasteiger partial charge on any atom is -0.307 e. The predicted octanol–water partition coefficient (Wildman–Crippen LogP) is 2.35. The third-order valence-corrected chi connectivity index (χ3v) is 1.75. The molecule has 0 unspecified atom stereocenters. The number of aryl methyl sites for hydroxylation is 1. The third kappa shape index (κ3) is 3.99. The van der Waals surface area contributed by atoms with Gasteiger partial charge in [0.15, 0.2) is 0 Å². The van der Waals surface area contributed by atoms with E-state index in [-0.39, 0.29) is 6.54 Å². The average molecular weight is 185 g/mol. The van der Waals surface area contributed by atoms with Crippen LogP contribution in [0.2, 0.25) is 0 Å². The standard InChI is InChI=1S/C10H13F2N/c1-8-2-4-9(5-3-8)6-13-7-10(11)12/h2-5,10,13H,6-7H2,1H3. The van der Waals surface area contributed by atoms with E-state index in [0.29, 0.717) is 6.54 Å². The third-order valence-electron chi connectivity index (χ3n) is 1.75. The first-order valence-electron chi connectivity index (χ1n) is 4.23. The molecule has 0 aliphatic heterocycles. The van der Waals surface area contributed by atoms with E-state index in [2.05, 4.69) is 5.32 Å². The summed E-state index contributed by atoms with van der Waals surface area (Å²) in [5.74, 6) is 0. The Balaban J connectivity index is 2.33. The highest BCUT2D eigenvalue weighted by atomic mass is 19.3. The van der Waals surface area contributed by atoms with Crippen molar-refractivity contribution in [1.82, 2.24) is 5.32 Å². The van der Waals surface area contributed by atoms with Crippen LogP contribution in [0.25, 0.3) is 0 Å². The Labute approximate surface area is 76.8 Å². The molecular weight excluding hydrogens is 172 g/mol. The fourth-order valence-electron chi connectivity index (χ4n) is 1.03. The summed E-state index contributed by atoms with van der Waals surface area (Å²) in [4.78, 5) is 0. The molecule has 0 amide bonds. The summed E-state index contributed by atoms with van der Waals surface area (Å²) < 4.78 is 23.5. The Morgan fingerprint density at radius 1 is 1.23 bits per heavy atom. The van der Waals surface area contributed by atoms with Crippen molar-refractivity contribution in [3.05, 3.63) is 35.4 Å². The van der Waals surface area contributed by atoms with E-state index in [1.807, 2.05) is 31.2 Å². The number of nitrogens with one attached hydrogen (secondary N) is 1. The molecular formula is C10H13F2N. The maximum Gasteiger partial charge on any atom is 0.250 e. The van der Waals surface area contributed by atoms with Crippen molar-refractivity contribution in [2.45, 2.75) is 19.9 Å². The Morgan fingerprint density at radius 2 is 1.85 bits per heavy atom. The van der Waals surface area contributed by atoms with Gasteiger partial charge in [-0.3, -0.25) is 0 Å². The van der Waals surface area contributed by atoms with Crippen LogP contribution in [0.1, 0.15) is 11.1 Å². The summed E-state index contributed by atoms with van der Waals surface area (Å²) >= 11 is 0. The number of halogens is 2. The first kappa shape index (κ1) is 10.1. The van der Waals surface area contributed by atoms with Gasteiger partial charge in [-0.2, -0.15) is 0 Å². The number of hydrogen-bond acceptors (Lipinski definition) is 1. The van der Waals surface area contributed by atoms with Crippen molar-refractivity contribution in [2.75, 3.05) is 6.54 Å². The van der Waals surface area contributed by atoms with Crippen molar-refractivity contribution in [2.24, 2.45) is 0 Å². The van der Waals surface area contributed by atoms with Crippen molar-refractivity contribution >= 4 is 0 Å². The Kier molecular flexibility index (Phi) is 3.83. The molecule has 0 bridgehead atoms. The van der Waals surface area contributed by atoms with E-state index in [9.17, 15) is 8.78 Å². The molecule has 1 N–H and O–H groups in total. The summed E-state index contributed by atoms with van der Waals surface area (Å²) in [6, 6.07) is 7.82. The Hall–Kier alpha value is -0.960. The molecule has 0 saturated carbocycles. The zero-order valence-corrected chi connectivity index (χ0v) is 7.56. The SMILES string of the molecule is Cc1ccc(CNCC(F)F)cc1. The second-order valence-corrected chi connectivity index (χ2v) is 3.01. The van der Waals surface area contributed by atoms with Gasteiger partial charge in [-0.15, -0.1) is 0 Å². The normalized spacial score (nSPS) is 10.8. The Bertz CT molecular complexity index is 244. The van der Waals surface area contributed by atoms with Crippen LogP contribution in [0.3, 0.4) is 0 Å². The van der Waals surface area contributed by atoms with Gasteiger partial charge in [0, 0.05) is 6.54 Å². The van der Waals surface area contributed by atoms with E-state index in [1.165, 1.54) is 5.56 Å². The summed E-state index contributed by atoms with van der Waals surface area (Å²) in [5.41, 5.74) is 2.21. The highest BCUT2D eigenvalue weighted by molar-refractivity contribution is 5.20. The van der Waals surface area contributed by atoms with E-state index in [1.54, 1.807) is 0 Å². The zero-order chi connectivity index (χ0) is 9.68. The highest BCUT2D eigenvalue weighted by Crippen LogP contribution is 2.02. The summed E-state index contributed by atoms with van der Waals surface area (Å²) in [6.45, 7) is 2.26. The molecule has 0 aliphatic rings. The molecule has 3 heteroatoms. The zero-order valence-electron chi connectivity index (χ0n) is 7.56. The van der Waals surface area contributed by atoms with Gasteiger partial charge in [0.2, 0.25) is 0 Å².